The summed E-state index contributed by atoms with van der Waals surface area (Å²) in [6.45, 7) is 12.7. The molecule has 0 radical (unpaired) electrons. The van der Waals surface area contributed by atoms with Gasteiger partial charge in [0.2, 0.25) is 0 Å². The van der Waals surface area contributed by atoms with Crippen molar-refractivity contribution in [1.82, 2.24) is 0 Å². The molecule has 0 bridgehead atoms. The van der Waals surface area contributed by atoms with Crippen molar-refractivity contribution >= 4 is 11.9 Å². The Bertz CT molecular complexity index is 522. The highest BCUT2D eigenvalue weighted by Crippen LogP contribution is 2.62. The van der Waals surface area contributed by atoms with Crippen molar-refractivity contribution in [1.29, 1.82) is 0 Å². The average molecular weight is 336 g/mol. The summed E-state index contributed by atoms with van der Waals surface area (Å²) in [5.74, 6) is 0.174. The maximum atomic E-state index is 11.6. The number of methoxy groups -OCH3 is 1. The fourth-order valence-electron chi connectivity index (χ4n) is 5.65. The lowest BCUT2D eigenvalue weighted by atomic mass is 9.46. The molecule has 4 nitrogen and oxygen atoms in total. The molecular formula is C20H32O4. The van der Waals surface area contributed by atoms with E-state index in [4.69, 9.17) is 9.47 Å². The highest BCUT2D eigenvalue weighted by Gasteiger charge is 2.57. The third-order valence-electron chi connectivity index (χ3n) is 6.40. The smallest absolute Gasteiger partial charge is 0.305 e. The zero-order valence-corrected chi connectivity index (χ0v) is 15.8. The minimum Gasteiger partial charge on any atom is -0.469 e. The Morgan fingerprint density at radius 3 is 2.50 bits per heavy atom. The van der Waals surface area contributed by atoms with Gasteiger partial charge in [0.1, 0.15) is 6.10 Å². The molecule has 0 saturated heterocycles. The largest absolute Gasteiger partial charge is 0.469 e. The van der Waals surface area contributed by atoms with E-state index in [9.17, 15) is 9.59 Å². The van der Waals surface area contributed by atoms with E-state index in [-0.39, 0.29) is 40.7 Å². The molecule has 0 heterocycles. The molecular weight excluding hydrogens is 304 g/mol. The van der Waals surface area contributed by atoms with Crippen LogP contribution >= 0.6 is 0 Å². The number of carbonyl (C=O) groups is 2. The van der Waals surface area contributed by atoms with E-state index < -0.39 is 0 Å². The Hall–Kier alpha value is -1.32. The van der Waals surface area contributed by atoms with Gasteiger partial charge in [-0.05, 0) is 36.0 Å². The highest BCUT2D eigenvalue weighted by atomic mass is 16.5. The molecule has 0 aliphatic heterocycles. The summed E-state index contributed by atoms with van der Waals surface area (Å²) in [6, 6.07) is 0. The lowest BCUT2D eigenvalue weighted by Gasteiger charge is -2.60. The molecule has 0 spiro atoms. The van der Waals surface area contributed by atoms with Crippen LogP contribution < -0.4 is 0 Å². The lowest BCUT2D eigenvalue weighted by Crippen LogP contribution is -2.56. The Labute approximate surface area is 146 Å². The van der Waals surface area contributed by atoms with Crippen LogP contribution in [0.5, 0.6) is 0 Å². The van der Waals surface area contributed by atoms with Gasteiger partial charge in [0.15, 0.2) is 0 Å². The van der Waals surface area contributed by atoms with E-state index in [0.29, 0.717) is 12.8 Å². The first kappa shape index (κ1) is 19.0. The normalized spacial score (nSPS) is 35.0. The molecule has 4 atom stereocenters. The Morgan fingerprint density at radius 1 is 1.25 bits per heavy atom. The Morgan fingerprint density at radius 2 is 1.92 bits per heavy atom. The molecule has 136 valence electrons. The monoisotopic (exact) mass is 336 g/mol. The highest BCUT2D eigenvalue weighted by molar-refractivity contribution is 5.69. The van der Waals surface area contributed by atoms with E-state index >= 15 is 0 Å². The van der Waals surface area contributed by atoms with Gasteiger partial charge in [0, 0.05) is 25.7 Å². The van der Waals surface area contributed by atoms with E-state index in [1.807, 2.05) is 0 Å². The summed E-state index contributed by atoms with van der Waals surface area (Å²) in [4.78, 5) is 23.3. The molecule has 2 saturated carbocycles. The summed E-state index contributed by atoms with van der Waals surface area (Å²) in [6.07, 6.45) is 5.17. The van der Waals surface area contributed by atoms with E-state index in [1.54, 1.807) is 0 Å². The number of rotatable bonds is 4. The maximum absolute atomic E-state index is 11.6. The summed E-state index contributed by atoms with van der Waals surface area (Å²) < 4.78 is 10.6. The summed E-state index contributed by atoms with van der Waals surface area (Å²) in [7, 11) is 1.43. The van der Waals surface area contributed by atoms with Gasteiger partial charge in [0.05, 0.1) is 7.11 Å². The molecule has 4 heteroatoms. The van der Waals surface area contributed by atoms with Gasteiger partial charge >= 0.3 is 11.9 Å². The molecule has 0 aromatic rings. The number of esters is 2. The Balaban J connectivity index is 2.33. The first-order valence-electron chi connectivity index (χ1n) is 9.03. The molecule has 0 aromatic carbocycles. The third-order valence-corrected chi connectivity index (χ3v) is 6.40. The molecule has 24 heavy (non-hydrogen) atoms. The van der Waals surface area contributed by atoms with Gasteiger partial charge < -0.3 is 9.47 Å². The predicted octanol–water partition coefficient (Wildman–Crippen LogP) is 4.28. The number of hydrogen-bond donors (Lipinski definition) is 0. The topological polar surface area (TPSA) is 52.6 Å². The van der Waals surface area contributed by atoms with Crippen molar-refractivity contribution in [2.45, 2.75) is 72.3 Å². The van der Waals surface area contributed by atoms with Crippen molar-refractivity contribution in [2.24, 2.45) is 22.7 Å². The number of fused-ring (bicyclic) bond motifs is 1. The van der Waals surface area contributed by atoms with Crippen LogP contribution in [0.3, 0.4) is 0 Å². The molecule has 2 fully saturated rings. The van der Waals surface area contributed by atoms with Gasteiger partial charge in [-0.15, -0.1) is 0 Å². The molecule has 0 aromatic heterocycles. The fraction of sp³-hybridized carbons (Fsp3) is 0.800. The molecule has 0 N–H and O–H groups in total. The number of hydrogen-bond acceptors (Lipinski definition) is 4. The first-order valence-corrected chi connectivity index (χ1v) is 9.03. The second kappa shape index (κ2) is 6.89. The predicted molar refractivity (Wildman–Crippen MR) is 93.3 cm³/mol. The van der Waals surface area contributed by atoms with Crippen LogP contribution in [0.4, 0.5) is 0 Å². The van der Waals surface area contributed by atoms with Crippen molar-refractivity contribution in [3.05, 3.63) is 12.2 Å². The summed E-state index contributed by atoms with van der Waals surface area (Å²) >= 11 is 0. The van der Waals surface area contributed by atoms with Gasteiger partial charge in [0.25, 0.3) is 0 Å². The van der Waals surface area contributed by atoms with Crippen molar-refractivity contribution < 1.29 is 19.1 Å². The van der Waals surface area contributed by atoms with E-state index in [2.05, 4.69) is 27.4 Å². The van der Waals surface area contributed by atoms with Crippen LogP contribution in [-0.4, -0.2) is 25.2 Å². The van der Waals surface area contributed by atoms with Gasteiger partial charge in [-0.2, -0.15) is 0 Å². The quantitative estimate of drug-likeness (QED) is 0.568. The van der Waals surface area contributed by atoms with Crippen LogP contribution in [-0.2, 0) is 19.1 Å². The van der Waals surface area contributed by atoms with Crippen LogP contribution in [0.2, 0.25) is 0 Å². The molecule has 1 unspecified atom stereocenters. The van der Waals surface area contributed by atoms with Gasteiger partial charge in [-0.3, -0.25) is 9.59 Å². The minimum atomic E-state index is -0.218. The minimum absolute atomic E-state index is 0.00518. The van der Waals surface area contributed by atoms with Gasteiger partial charge in [-0.25, -0.2) is 0 Å². The molecule has 2 aliphatic rings. The SMILES string of the molecule is C=C1C[C@H](OC(C)=O)C2C(C)(C)CCC[C@]2(C)[C@H]1CCC(=O)OC. The molecule has 2 aliphatic carbocycles. The maximum Gasteiger partial charge on any atom is 0.305 e. The standard InChI is InChI=1S/C20H32O4/c1-13-12-16(24-14(2)21)18-19(3,4)10-7-11-20(18,5)15(13)8-9-17(22)23-6/h15-16,18H,1,7-12H2,2-6H3/t15-,16-,18?,20+/m0/s1. The van der Waals surface area contributed by atoms with E-state index in [1.165, 1.54) is 14.0 Å². The van der Waals surface area contributed by atoms with Crippen LogP contribution in [0.15, 0.2) is 12.2 Å². The van der Waals surface area contributed by atoms with Crippen LogP contribution in [0.1, 0.15) is 66.2 Å². The Kier molecular flexibility index (Phi) is 5.46. The molecule has 0 amide bonds. The van der Waals surface area contributed by atoms with Crippen LogP contribution in [0, 0.1) is 22.7 Å². The second-order valence-corrected chi connectivity index (χ2v) is 8.50. The van der Waals surface area contributed by atoms with Gasteiger partial charge in [-0.1, -0.05) is 39.3 Å². The molecule has 2 rings (SSSR count). The van der Waals surface area contributed by atoms with E-state index in [0.717, 1.165) is 31.3 Å². The first-order chi connectivity index (χ1) is 11.1. The summed E-state index contributed by atoms with van der Waals surface area (Å²) in [5.41, 5.74) is 1.23. The fourth-order valence-corrected chi connectivity index (χ4v) is 5.65. The average Bonchev–Trinajstić information content (AvgIpc) is 2.44. The van der Waals surface area contributed by atoms with Crippen molar-refractivity contribution in [3.63, 3.8) is 0 Å². The van der Waals surface area contributed by atoms with Crippen molar-refractivity contribution in [3.8, 4) is 0 Å². The number of carbonyl (C=O) groups excluding carboxylic acids is 2. The lowest BCUT2D eigenvalue weighted by molar-refractivity contribution is -0.171. The summed E-state index contributed by atoms with van der Waals surface area (Å²) in [5, 5.41) is 0. The second-order valence-electron chi connectivity index (χ2n) is 8.50. The zero-order chi connectivity index (χ0) is 18.1. The van der Waals surface area contributed by atoms with Crippen LogP contribution in [0.25, 0.3) is 0 Å². The van der Waals surface area contributed by atoms with Crippen molar-refractivity contribution in [2.75, 3.05) is 7.11 Å². The third kappa shape index (κ3) is 3.52. The zero-order valence-electron chi connectivity index (χ0n) is 15.8. The number of ether oxygens (including phenoxy) is 2.